The molecule has 1 saturated heterocycles. The Bertz CT molecular complexity index is 752. The number of aliphatic hydroxyl groups excluding tert-OH is 2. The lowest BCUT2D eigenvalue weighted by Gasteiger charge is -2.43. The number of hydrogen-bond acceptors (Lipinski definition) is 7. The monoisotopic (exact) mass is 402 g/mol. The van der Waals surface area contributed by atoms with Gasteiger partial charge in [0.15, 0.2) is 12.4 Å². The van der Waals surface area contributed by atoms with Gasteiger partial charge in [-0.25, -0.2) is 0 Å². The minimum Gasteiger partial charge on any atom is -0.457 e. The minimum absolute atomic E-state index is 0.216. The van der Waals surface area contributed by atoms with E-state index in [0.717, 1.165) is 11.1 Å². The van der Waals surface area contributed by atoms with Gasteiger partial charge in [-0.3, -0.25) is 4.79 Å². The van der Waals surface area contributed by atoms with Crippen LogP contribution in [0.15, 0.2) is 60.7 Å². The van der Waals surface area contributed by atoms with Gasteiger partial charge in [0.2, 0.25) is 0 Å². The Hall–Kier alpha value is -2.29. The lowest BCUT2D eigenvalue weighted by atomic mass is 9.98. The zero-order valence-corrected chi connectivity index (χ0v) is 16.2. The van der Waals surface area contributed by atoms with Crippen molar-refractivity contribution in [1.82, 2.24) is 0 Å². The van der Waals surface area contributed by atoms with Crippen LogP contribution in [0.3, 0.4) is 0 Å². The maximum absolute atomic E-state index is 11.6. The average Bonchev–Trinajstić information content (AvgIpc) is 2.73. The van der Waals surface area contributed by atoms with Crippen LogP contribution in [-0.2, 0) is 37.0 Å². The van der Waals surface area contributed by atoms with Crippen LogP contribution in [0.2, 0.25) is 0 Å². The van der Waals surface area contributed by atoms with E-state index in [0.29, 0.717) is 0 Å². The molecule has 0 saturated carbocycles. The number of benzene rings is 2. The molecule has 0 bridgehead atoms. The number of aliphatic hydroxyl groups is 2. The molecule has 0 unspecified atom stereocenters. The molecule has 2 aromatic rings. The molecule has 1 aliphatic rings. The fraction of sp³-hybridized carbons (Fsp3) is 0.409. The predicted octanol–water partition coefficient (Wildman–Crippen LogP) is 1.80. The lowest BCUT2D eigenvalue weighted by molar-refractivity contribution is -0.309. The van der Waals surface area contributed by atoms with Crippen molar-refractivity contribution in [3.8, 4) is 0 Å². The van der Waals surface area contributed by atoms with Crippen LogP contribution in [0.25, 0.3) is 0 Å². The number of esters is 1. The molecule has 3 rings (SSSR count). The summed E-state index contributed by atoms with van der Waals surface area (Å²) in [7, 11) is 0. The maximum atomic E-state index is 11.6. The van der Waals surface area contributed by atoms with Gasteiger partial charge in [-0.2, -0.15) is 0 Å². The second-order valence-electron chi connectivity index (χ2n) is 6.84. The van der Waals surface area contributed by atoms with E-state index < -0.39 is 43.3 Å². The summed E-state index contributed by atoms with van der Waals surface area (Å²) in [6, 6.07) is 19.0. The van der Waals surface area contributed by atoms with Crippen molar-refractivity contribution in [2.75, 3.05) is 6.61 Å². The molecule has 0 aliphatic carbocycles. The van der Waals surface area contributed by atoms with Crippen LogP contribution in [0.1, 0.15) is 18.1 Å². The molecule has 7 nitrogen and oxygen atoms in total. The Morgan fingerprint density at radius 3 is 1.90 bits per heavy atom. The molecule has 156 valence electrons. The number of rotatable bonds is 8. The molecule has 0 aromatic heterocycles. The molecule has 5 atom stereocenters. The van der Waals surface area contributed by atoms with E-state index in [9.17, 15) is 15.0 Å². The second-order valence-corrected chi connectivity index (χ2v) is 6.84. The number of carbonyl (C=O) groups is 1. The van der Waals surface area contributed by atoms with Crippen molar-refractivity contribution in [2.24, 2.45) is 0 Å². The smallest absolute Gasteiger partial charge is 0.303 e. The van der Waals surface area contributed by atoms with Crippen molar-refractivity contribution in [3.05, 3.63) is 71.8 Å². The van der Waals surface area contributed by atoms with E-state index in [1.165, 1.54) is 6.92 Å². The molecule has 0 spiro atoms. The van der Waals surface area contributed by atoms with E-state index in [-0.39, 0.29) is 13.2 Å². The first-order chi connectivity index (χ1) is 14.1. The van der Waals surface area contributed by atoms with Crippen molar-refractivity contribution in [3.63, 3.8) is 0 Å². The fourth-order valence-electron chi connectivity index (χ4n) is 3.28. The van der Waals surface area contributed by atoms with Gasteiger partial charge in [-0.1, -0.05) is 60.7 Å². The normalized spacial score (nSPS) is 26.8. The zero-order chi connectivity index (χ0) is 20.6. The van der Waals surface area contributed by atoms with E-state index in [4.69, 9.17) is 18.9 Å². The quantitative estimate of drug-likeness (QED) is 0.650. The van der Waals surface area contributed by atoms with Gasteiger partial charge in [0.05, 0.1) is 19.8 Å². The summed E-state index contributed by atoms with van der Waals surface area (Å²) in [5, 5.41) is 20.2. The van der Waals surface area contributed by atoms with Crippen LogP contribution in [0.4, 0.5) is 0 Å². The van der Waals surface area contributed by atoms with Crippen LogP contribution in [-0.4, -0.2) is 53.5 Å². The van der Waals surface area contributed by atoms with Gasteiger partial charge in [0, 0.05) is 6.92 Å². The third kappa shape index (κ3) is 5.85. The first-order valence-electron chi connectivity index (χ1n) is 9.51. The highest BCUT2D eigenvalue weighted by Crippen LogP contribution is 2.28. The molecule has 0 radical (unpaired) electrons. The third-order valence-corrected chi connectivity index (χ3v) is 4.66. The summed E-state index contributed by atoms with van der Waals surface area (Å²) in [5.41, 5.74) is 1.83. The van der Waals surface area contributed by atoms with Crippen LogP contribution < -0.4 is 0 Å². The van der Waals surface area contributed by atoms with E-state index in [1.54, 1.807) is 0 Å². The van der Waals surface area contributed by atoms with Crippen molar-refractivity contribution >= 4 is 5.97 Å². The largest absolute Gasteiger partial charge is 0.457 e. The van der Waals surface area contributed by atoms with Gasteiger partial charge in [0.25, 0.3) is 0 Å². The van der Waals surface area contributed by atoms with Gasteiger partial charge >= 0.3 is 5.97 Å². The highest BCUT2D eigenvalue weighted by molar-refractivity contribution is 5.66. The summed E-state index contributed by atoms with van der Waals surface area (Å²) in [6.07, 6.45) is -4.94. The molecule has 2 aromatic carbocycles. The van der Waals surface area contributed by atoms with E-state index in [2.05, 4.69) is 0 Å². The summed E-state index contributed by atoms with van der Waals surface area (Å²) < 4.78 is 22.8. The standard InChI is InChI=1S/C22H26O7/c1-15(24)28-19-18(12-23)29-22(25)21(27-14-17-10-6-3-7-11-17)20(19)26-13-16-8-4-2-5-9-16/h2-11,18-23,25H,12-14H2,1H3/t18-,19+,20+,21-,22-/m1/s1. The highest BCUT2D eigenvalue weighted by Gasteiger charge is 2.48. The molecular weight excluding hydrogens is 376 g/mol. The number of hydrogen-bond donors (Lipinski definition) is 2. The van der Waals surface area contributed by atoms with Crippen LogP contribution in [0, 0.1) is 0 Å². The lowest BCUT2D eigenvalue weighted by Crippen LogP contribution is -2.61. The molecule has 0 amide bonds. The topological polar surface area (TPSA) is 94.5 Å². The Labute approximate surface area is 169 Å². The summed E-state index contributed by atoms with van der Waals surface area (Å²) in [6.45, 7) is 1.27. The molecule has 2 N–H and O–H groups in total. The number of ether oxygens (including phenoxy) is 4. The van der Waals surface area contributed by atoms with Gasteiger partial charge in [-0.05, 0) is 11.1 Å². The zero-order valence-electron chi connectivity index (χ0n) is 16.2. The average molecular weight is 402 g/mol. The summed E-state index contributed by atoms with van der Waals surface area (Å²) in [5.74, 6) is -0.538. The molecule has 29 heavy (non-hydrogen) atoms. The predicted molar refractivity (Wildman–Crippen MR) is 104 cm³/mol. The fourth-order valence-corrected chi connectivity index (χ4v) is 3.28. The Morgan fingerprint density at radius 1 is 0.897 bits per heavy atom. The summed E-state index contributed by atoms with van der Waals surface area (Å²) >= 11 is 0. The van der Waals surface area contributed by atoms with Gasteiger partial charge < -0.3 is 29.2 Å². The van der Waals surface area contributed by atoms with E-state index in [1.807, 2.05) is 60.7 Å². The first-order valence-corrected chi connectivity index (χ1v) is 9.51. The molecule has 1 aliphatic heterocycles. The Kier molecular flexibility index (Phi) is 7.74. The highest BCUT2D eigenvalue weighted by atomic mass is 16.7. The van der Waals surface area contributed by atoms with Gasteiger partial charge in [-0.15, -0.1) is 0 Å². The minimum atomic E-state index is -1.34. The van der Waals surface area contributed by atoms with Crippen LogP contribution >= 0.6 is 0 Å². The van der Waals surface area contributed by atoms with E-state index >= 15 is 0 Å². The maximum Gasteiger partial charge on any atom is 0.303 e. The van der Waals surface area contributed by atoms with Gasteiger partial charge in [0.1, 0.15) is 18.3 Å². The van der Waals surface area contributed by atoms with Crippen molar-refractivity contribution in [1.29, 1.82) is 0 Å². The molecule has 7 heteroatoms. The van der Waals surface area contributed by atoms with Crippen molar-refractivity contribution < 1.29 is 34.0 Å². The molecular formula is C22H26O7. The Balaban J connectivity index is 1.79. The SMILES string of the molecule is CC(=O)O[C@@H]1[C@H](OCc2ccccc2)[C@@H](OCc2ccccc2)[C@H](O)O[C@@H]1CO. The summed E-state index contributed by atoms with van der Waals surface area (Å²) in [4.78, 5) is 11.6. The third-order valence-electron chi connectivity index (χ3n) is 4.66. The first kappa shape index (κ1) is 21.4. The molecule has 1 fully saturated rings. The van der Waals surface area contributed by atoms with Crippen LogP contribution in [0.5, 0.6) is 0 Å². The van der Waals surface area contributed by atoms with Crippen molar-refractivity contribution in [2.45, 2.75) is 50.8 Å². The number of carbonyl (C=O) groups excluding carboxylic acids is 1. The Morgan fingerprint density at radius 2 is 1.41 bits per heavy atom. The second kappa shape index (κ2) is 10.5. The molecule has 1 heterocycles.